The Morgan fingerprint density at radius 1 is 1.00 bits per heavy atom. The second kappa shape index (κ2) is 8.91. The lowest BCUT2D eigenvalue weighted by molar-refractivity contribution is -0.137. The second-order valence-electron chi connectivity index (χ2n) is 7.75. The molecule has 2 aromatic carbocycles. The van der Waals surface area contributed by atoms with Gasteiger partial charge in [-0.05, 0) is 41.5 Å². The lowest BCUT2D eigenvalue weighted by atomic mass is 10.0. The van der Waals surface area contributed by atoms with Crippen LogP contribution in [0, 0.1) is 0 Å². The predicted molar refractivity (Wildman–Crippen MR) is 116 cm³/mol. The minimum Gasteiger partial charge on any atom is -0.481 e. The van der Waals surface area contributed by atoms with E-state index < -0.39 is 5.97 Å². The van der Waals surface area contributed by atoms with Crippen molar-refractivity contribution in [3.8, 4) is 11.1 Å². The summed E-state index contributed by atoms with van der Waals surface area (Å²) in [7, 11) is 0. The van der Waals surface area contributed by atoms with Crippen LogP contribution in [-0.4, -0.2) is 40.2 Å². The van der Waals surface area contributed by atoms with E-state index in [4.69, 9.17) is 5.11 Å². The highest BCUT2D eigenvalue weighted by Gasteiger charge is 2.42. The van der Waals surface area contributed by atoms with Crippen molar-refractivity contribution >= 4 is 23.8 Å². The molecule has 29 heavy (non-hydrogen) atoms. The van der Waals surface area contributed by atoms with E-state index >= 15 is 0 Å². The molecule has 0 saturated carbocycles. The van der Waals surface area contributed by atoms with Gasteiger partial charge in [-0.25, -0.2) is 4.79 Å². The van der Waals surface area contributed by atoms with Gasteiger partial charge in [-0.3, -0.25) is 4.79 Å². The Kier molecular flexibility index (Phi) is 6.09. The van der Waals surface area contributed by atoms with Crippen LogP contribution in [0.3, 0.4) is 0 Å². The number of hydrogen-bond donors (Lipinski definition) is 3. The van der Waals surface area contributed by atoms with Gasteiger partial charge < -0.3 is 15.7 Å². The van der Waals surface area contributed by atoms with Crippen molar-refractivity contribution in [2.24, 2.45) is 0 Å². The van der Waals surface area contributed by atoms with Gasteiger partial charge in [0.1, 0.15) is 0 Å². The molecular formula is C23H26N2O3S. The van der Waals surface area contributed by atoms with Crippen LogP contribution in [0.2, 0.25) is 0 Å². The van der Waals surface area contributed by atoms with Gasteiger partial charge in [0, 0.05) is 17.4 Å². The molecule has 5 nitrogen and oxygen atoms in total. The lowest BCUT2D eigenvalue weighted by Gasteiger charge is -2.16. The number of rotatable bonds is 5. The third kappa shape index (κ3) is 4.58. The number of fused-ring (bicyclic) bond motifs is 4. The van der Waals surface area contributed by atoms with E-state index in [1.54, 1.807) is 0 Å². The van der Waals surface area contributed by atoms with Crippen LogP contribution in [0.15, 0.2) is 48.5 Å². The molecule has 6 heteroatoms. The molecule has 2 saturated heterocycles. The number of amides is 2. The van der Waals surface area contributed by atoms with Crippen molar-refractivity contribution in [1.29, 1.82) is 0 Å². The van der Waals surface area contributed by atoms with E-state index in [0.29, 0.717) is 5.25 Å². The van der Waals surface area contributed by atoms with E-state index in [-0.39, 0.29) is 24.5 Å². The van der Waals surface area contributed by atoms with Gasteiger partial charge in [0.05, 0.1) is 12.1 Å². The first-order chi connectivity index (χ1) is 14.1. The molecule has 3 N–H and O–H groups in total. The normalized spacial score (nSPS) is 23.2. The third-order valence-electron chi connectivity index (χ3n) is 5.77. The number of carboxylic acids is 1. The molecule has 0 spiro atoms. The monoisotopic (exact) mass is 410 g/mol. The summed E-state index contributed by atoms with van der Waals surface area (Å²) < 4.78 is 0. The molecule has 5 rings (SSSR count). The molecular weight excluding hydrogens is 384 g/mol. The van der Waals surface area contributed by atoms with Crippen LogP contribution in [0.1, 0.15) is 36.8 Å². The van der Waals surface area contributed by atoms with E-state index in [2.05, 4.69) is 59.2 Å². The highest BCUT2D eigenvalue weighted by atomic mass is 32.2. The average molecular weight is 411 g/mol. The summed E-state index contributed by atoms with van der Waals surface area (Å²) in [4.78, 5) is 21.5. The Labute approximate surface area is 175 Å². The van der Waals surface area contributed by atoms with Crippen molar-refractivity contribution in [3.05, 3.63) is 59.7 Å². The predicted octanol–water partition coefficient (Wildman–Crippen LogP) is 4.05. The molecule has 2 amide bonds. The summed E-state index contributed by atoms with van der Waals surface area (Å²) >= 11 is 1.87. The van der Waals surface area contributed by atoms with Gasteiger partial charge in [-0.15, -0.1) is 0 Å². The molecule has 0 radical (unpaired) electrons. The Morgan fingerprint density at radius 3 is 2.31 bits per heavy atom. The van der Waals surface area contributed by atoms with Crippen molar-refractivity contribution < 1.29 is 14.7 Å². The van der Waals surface area contributed by atoms with Gasteiger partial charge in [0.25, 0.3) is 0 Å². The number of urea groups is 1. The SMILES string of the molecule is O=C(O)CCCC[C@@H]1SC[C@@H]2NC(=O)N[C@@H]21.c1ccc2c(c1)Cc1ccccc1-2. The molecule has 2 fully saturated rings. The molecule has 2 heterocycles. The Balaban J connectivity index is 0.000000144. The quantitative estimate of drug-likeness (QED) is 0.438. The van der Waals surface area contributed by atoms with E-state index in [1.165, 1.54) is 22.3 Å². The lowest BCUT2D eigenvalue weighted by Crippen LogP contribution is -2.36. The summed E-state index contributed by atoms with van der Waals surface area (Å²) in [6.07, 6.45) is 3.98. The van der Waals surface area contributed by atoms with Gasteiger partial charge in [-0.1, -0.05) is 55.0 Å². The largest absolute Gasteiger partial charge is 0.481 e. The number of unbranched alkanes of at least 4 members (excludes halogenated alkanes) is 1. The van der Waals surface area contributed by atoms with Crippen LogP contribution in [0.5, 0.6) is 0 Å². The van der Waals surface area contributed by atoms with Crippen LogP contribution < -0.4 is 10.6 Å². The minimum absolute atomic E-state index is 0.0640. The van der Waals surface area contributed by atoms with E-state index in [0.717, 1.165) is 31.4 Å². The average Bonchev–Trinajstić information content (AvgIpc) is 3.38. The summed E-state index contributed by atoms with van der Waals surface area (Å²) in [5, 5.41) is 14.8. The number of benzene rings is 2. The zero-order valence-electron chi connectivity index (χ0n) is 16.3. The van der Waals surface area contributed by atoms with Crippen LogP contribution >= 0.6 is 11.8 Å². The topological polar surface area (TPSA) is 78.4 Å². The maximum Gasteiger partial charge on any atom is 0.315 e. The maximum absolute atomic E-state index is 11.1. The smallest absolute Gasteiger partial charge is 0.315 e. The fourth-order valence-electron chi connectivity index (χ4n) is 4.34. The second-order valence-corrected chi connectivity index (χ2v) is 9.02. The number of carbonyl (C=O) groups excluding carboxylic acids is 1. The molecule has 152 valence electrons. The van der Waals surface area contributed by atoms with Gasteiger partial charge >= 0.3 is 12.0 Å². The summed E-state index contributed by atoms with van der Waals surface area (Å²) in [6, 6.07) is 17.7. The van der Waals surface area contributed by atoms with Crippen molar-refractivity contribution in [1.82, 2.24) is 10.6 Å². The number of carboxylic acid groups (broad SMARTS) is 1. The maximum atomic E-state index is 11.1. The van der Waals surface area contributed by atoms with Gasteiger partial charge in [-0.2, -0.15) is 11.8 Å². The van der Waals surface area contributed by atoms with E-state index in [9.17, 15) is 9.59 Å². The zero-order chi connectivity index (χ0) is 20.2. The van der Waals surface area contributed by atoms with Crippen LogP contribution in [0.25, 0.3) is 11.1 Å². The number of nitrogens with one attached hydrogen (secondary N) is 2. The fraction of sp³-hybridized carbons (Fsp3) is 0.391. The molecule has 0 unspecified atom stereocenters. The van der Waals surface area contributed by atoms with Crippen molar-refractivity contribution in [2.75, 3.05) is 5.75 Å². The van der Waals surface area contributed by atoms with E-state index in [1.807, 2.05) is 11.8 Å². The highest BCUT2D eigenvalue weighted by Crippen LogP contribution is 2.35. The molecule has 2 aliphatic heterocycles. The number of carbonyl (C=O) groups is 2. The fourth-order valence-corrected chi connectivity index (χ4v) is 5.89. The van der Waals surface area contributed by atoms with Gasteiger partial charge in [0.2, 0.25) is 0 Å². The summed E-state index contributed by atoms with van der Waals surface area (Å²) in [6.45, 7) is 0. The summed E-state index contributed by atoms with van der Waals surface area (Å²) in [5.41, 5.74) is 5.75. The number of aliphatic carboxylic acids is 1. The molecule has 0 bridgehead atoms. The van der Waals surface area contributed by atoms with Gasteiger partial charge in [0.15, 0.2) is 0 Å². The van der Waals surface area contributed by atoms with Crippen LogP contribution in [0.4, 0.5) is 4.79 Å². The summed E-state index contributed by atoms with van der Waals surface area (Å²) in [5.74, 6) is 0.236. The zero-order valence-corrected chi connectivity index (χ0v) is 17.1. The first-order valence-corrected chi connectivity index (χ1v) is 11.2. The standard InChI is InChI=1S/C13H10.C10H16N2O3S/c1-3-7-12-10(5-1)9-11-6-2-4-8-13(11)12;13-8(14)4-2-1-3-7-9-6(5-16-7)11-10(15)12-9/h1-8H,9H2;6-7,9H,1-5H2,(H,13,14)(H2,11,12,15)/t;6-,7-,9-/m.0/s1. The van der Waals surface area contributed by atoms with Crippen molar-refractivity contribution in [2.45, 2.75) is 49.4 Å². The Morgan fingerprint density at radius 2 is 1.66 bits per heavy atom. The third-order valence-corrected chi connectivity index (χ3v) is 7.28. The number of hydrogen-bond acceptors (Lipinski definition) is 3. The molecule has 3 aliphatic rings. The molecule has 0 aromatic heterocycles. The molecule has 1 aliphatic carbocycles. The van der Waals surface area contributed by atoms with Crippen LogP contribution in [-0.2, 0) is 11.2 Å². The minimum atomic E-state index is -0.729. The first kappa shape index (κ1) is 19.8. The highest BCUT2D eigenvalue weighted by molar-refractivity contribution is 8.00. The first-order valence-electron chi connectivity index (χ1n) is 10.2. The van der Waals surface area contributed by atoms with Crippen molar-refractivity contribution in [3.63, 3.8) is 0 Å². The molecule has 2 aromatic rings. The Hall–Kier alpha value is -2.47. The number of thioether (sulfide) groups is 1. The molecule has 3 atom stereocenters. The Bertz CT molecular complexity index is 858.